The van der Waals surface area contributed by atoms with Gasteiger partial charge in [-0.05, 0) is 29.3 Å². The van der Waals surface area contributed by atoms with Crippen LogP contribution in [0.15, 0.2) is 42.6 Å². The molecule has 7 heteroatoms. The summed E-state index contributed by atoms with van der Waals surface area (Å²) in [5, 5.41) is 2.82. The number of amides is 1. The number of nitrogens with one attached hydrogen (secondary N) is 1. The van der Waals surface area contributed by atoms with E-state index in [1.54, 1.807) is 13.3 Å². The van der Waals surface area contributed by atoms with Gasteiger partial charge in [0.15, 0.2) is 0 Å². The van der Waals surface area contributed by atoms with Crippen LogP contribution in [0, 0.1) is 0 Å². The van der Waals surface area contributed by atoms with Crippen molar-refractivity contribution in [1.29, 1.82) is 0 Å². The lowest BCUT2D eigenvalue weighted by atomic mass is 10.1. The third kappa shape index (κ3) is 4.11. The number of carbonyl (C=O) groups is 1. The van der Waals surface area contributed by atoms with Gasteiger partial charge < -0.3 is 10.1 Å². The van der Waals surface area contributed by atoms with Crippen molar-refractivity contribution in [2.45, 2.75) is 25.6 Å². The lowest BCUT2D eigenvalue weighted by Crippen LogP contribution is -2.23. The second kappa shape index (κ2) is 7.29. The fourth-order valence-corrected chi connectivity index (χ4v) is 2.80. The molecule has 1 aliphatic rings. The Morgan fingerprint density at radius 1 is 1.23 bits per heavy atom. The lowest BCUT2D eigenvalue weighted by Gasteiger charge is -2.10. The van der Waals surface area contributed by atoms with E-state index in [0.717, 1.165) is 29.0 Å². The average molecular weight is 362 g/mol. The first-order valence-electron chi connectivity index (χ1n) is 8.00. The summed E-state index contributed by atoms with van der Waals surface area (Å²) in [6.45, 7) is 0.424. The number of halogens is 3. The van der Waals surface area contributed by atoms with Crippen molar-refractivity contribution in [2.24, 2.45) is 0 Å². The minimum absolute atomic E-state index is 0.00397. The van der Waals surface area contributed by atoms with Gasteiger partial charge in [-0.1, -0.05) is 18.2 Å². The van der Waals surface area contributed by atoms with Gasteiger partial charge in [-0.25, -0.2) is 0 Å². The SMILES string of the molecule is COCc1cnc2c(c1)C(NC(=O)Cc1ccc(C(F)(F)F)cc1)=CC2. The number of rotatable bonds is 5. The van der Waals surface area contributed by atoms with Gasteiger partial charge in [0, 0.05) is 31.0 Å². The van der Waals surface area contributed by atoms with E-state index in [2.05, 4.69) is 10.3 Å². The zero-order chi connectivity index (χ0) is 18.7. The van der Waals surface area contributed by atoms with Crippen LogP contribution in [0.1, 0.15) is 27.9 Å². The second-order valence-corrected chi connectivity index (χ2v) is 6.01. The maximum atomic E-state index is 12.6. The van der Waals surface area contributed by atoms with Crippen LogP contribution in [0.25, 0.3) is 5.70 Å². The number of hydrogen-bond donors (Lipinski definition) is 1. The topological polar surface area (TPSA) is 51.2 Å². The van der Waals surface area contributed by atoms with Crippen LogP contribution in [0.5, 0.6) is 0 Å². The molecule has 1 aromatic carbocycles. The van der Waals surface area contributed by atoms with E-state index in [1.165, 1.54) is 12.1 Å². The third-order valence-corrected chi connectivity index (χ3v) is 4.05. The minimum atomic E-state index is -4.38. The summed E-state index contributed by atoms with van der Waals surface area (Å²) >= 11 is 0. The van der Waals surface area contributed by atoms with Crippen molar-refractivity contribution in [2.75, 3.05) is 7.11 Å². The molecule has 0 saturated heterocycles. The molecule has 0 bridgehead atoms. The minimum Gasteiger partial charge on any atom is -0.380 e. The summed E-state index contributed by atoms with van der Waals surface area (Å²) in [6.07, 6.45) is -0.150. The second-order valence-electron chi connectivity index (χ2n) is 6.01. The van der Waals surface area contributed by atoms with Crippen LogP contribution in [-0.2, 0) is 35.2 Å². The van der Waals surface area contributed by atoms with E-state index in [9.17, 15) is 18.0 Å². The van der Waals surface area contributed by atoms with E-state index in [4.69, 9.17) is 4.74 Å². The zero-order valence-electron chi connectivity index (χ0n) is 14.1. The molecule has 4 nitrogen and oxygen atoms in total. The number of aromatic nitrogens is 1. The number of ether oxygens (including phenoxy) is 1. The molecule has 136 valence electrons. The van der Waals surface area contributed by atoms with Gasteiger partial charge in [0.2, 0.25) is 5.91 Å². The first-order valence-corrected chi connectivity index (χ1v) is 8.00. The predicted molar refractivity (Wildman–Crippen MR) is 89.9 cm³/mol. The standard InChI is InChI=1S/C19H17F3N2O2/c1-26-11-13-8-15-16(23-10-13)6-7-17(15)24-18(25)9-12-2-4-14(5-3-12)19(20,21)22/h2-5,7-8,10H,6,9,11H2,1H3,(H,24,25). The van der Waals surface area contributed by atoms with Gasteiger partial charge in [0.25, 0.3) is 0 Å². The predicted octanol–water partition coefficient (Wildman–Crippen LogP) is 3.50. The number of pyridine rings is 1. The van der Waals surface area contributed by atoms with Gasteiger partial charge >= 0.3 is 6.18 Å². The molecule has 1 heterocycles. The summed E-state index contributed by atoms with van der Waals surface area (Å²) in [5.41, 5.74) is 3.07. The number of fused-ring (bicyclic) bond motifs is 1. The molecule has 3 rings (SSSR count). The van der Waals surface area contributed by atoms with Crippen LogP contribution < -0.4 is 5.32 Å². The number of hydrogen-bond acceptors (Lipinski definition) is 3. The Morgan fingerprint density at radius 3 is 2.62 bits per heavy atom. The number of methoxy groups -OCH3 is 1. The van der Waals surface area contributed by atoms with E-state index < -0.39 is 11.7 Å². The number of carbonyl (C=O) groups excluding carboxylic acids is 1. The highest BCUT2D eigenvalue weighted by atomic mass is 19.4. The summed E-state index contributed by atoms with van der Waals surface area (Å²) < 4.78 is 42.8. The molecule has 0 spiro atoms. The van der Waals surface area contributed by atoms with Crippen molar-refractivity contribution >= 4 is 11.6 Å². The first-order chi connectivity index (χ1) is 12.4. The fraction of sp³-hybridized carbons (Fsp3) is 0.263. The Kier molecular flexibility index (Phi) is 5.08. The Labute approximate surface area is 148 Å². The fourth-order valence-electron chi connectivity index (χ4n) is 2.80. The molecular formula is C19H17F3N2O2. The summed E-state index contributed by atoms with van der Waals surface area (Å²) in [4.78, 5) is 16.6. The number of nitrogens with zero attached hydrogens (tertiary/aromatic N) is 1. The number of alkyl halides is 3. The van der Waals surface area contributed by atoms with Crippen LogP contribution in [0.3, 0.4) is 0 Å². The molecule has 1 aromatic heterocycles. The largest absolute Gasteiger partial charge is 0.416 e. The van der Waals surface area contributed by atoms with Crippen LogP contribution in [0.2, 0.25) is 0 Å². The molecule has 1 amide bonds. The van der Waals surface area contributed by atoms with Crippen LogP contribution in [-0.4, -0.2) is 18.0 Å². The maximum absolute atomic E-state index is 12.6. The Hall–Kier alpha value is -2.67. The first kappa shape index (κ1) is 18.1. The summed E-state index contributed by atoms with van der Waals surface area (Å²) in [7, 11) is 1.59. The molecule has 0 atom stereocenters. The van der Waals surface area contributed by atoms with Gasteiger partial charge in [-0.3, -0.25) is 9.78 Å². The molecule has 0 unspecified atom stereocenters. The van der Waals surface area contributed by atoms with E-state index >= 15 is 0 Å². The lowest BCUT2D eigenvalue weighted by molar-refractivity contribution is -0.137. The third-order valence-electron chi connectivity index (χ3n) is 4.05. The zero-order valence-corrected chi connectivity index (χ0v) is 14.1. The molecule has 1 aliphatic carbocycles. The molecular weight excluding hydrogens is 345 g/mol. The van der Waals surface area contributed by atoms with Crippen LogP contribution >= 0.6 is 0 Å². The van der Waals surface area contributed by atoms with Crippen molar-refractivity contribution in [3.8, 4) is 0 Å². The number of benzene rings is 1. The van der Waals surface area contributed by atoms with Crippen LogP contribution in [0.4, 0.5) is 13.2 Å². The Morgan fingerprint density at radius 2 is 1.96 bits per heavy atom. The average Bonchev–Trinajstić information content (AvgIpc) is 2.97. The van der Waals surface area contributed by atoms with E-state index in [-0.39, 0.29) is 12.3 Å². The smallest absolute Gasteiger partial charge is 0.380 e. The molecule has 2 aromatic rings. The monoisotopic (exact) mass is 362 g/mol. The van der Waals surface area contributed by atoms with Gasteiger partial charge in [-0.15, -0.1) is 0 Å². The number of allylic oxidation sites excluding steroid dienone is 1. The van der Waals surface area contributed by atoms with E-state index in [0.29, 0.717) is 24.3 Å². The Balaban J connectivity index is 1.66. The van der Waals surface area contributed by atoms with E-state index in [1.807, 2.05) is 12.1 Å². The quantitative estimate of drug-likeness (QED) is 0.886. The van der Waals surface area contributed by atoms with Crippen molar-refractivity contribution in [3.63, 3.8) is 0 Å². The highest BCUT2D eigenvalue weighted by Crippen LogP contribution is 2.29. The molecule has 26 heavy (non-hydrogen) atoms. The molecule has 1 N–H and O–H groups in total. The highest BCUT2D eigenvalue weighted by Gasteiger charge is 2.30. The summed E-state index contributed by atoms with van der Waals surface area (Å²) in [5.74, 6) is -0.291. The van der Waals surface area contributed by atoms with Crippen molar-refractivity contribution < 1.29 is 22.7 Å². The molecule has 0 radical (unpaired) electrons. The molecule has 0 fully saturated rings. The maximum Gasteiger partial charge on any atom is 0.416 e. The van der Waals surface area contributed by atoms with Gasteiger partial charge in [0.1, 0.15) is 0 Å². The molecule has 0 saturated carbocycles. The van der Waals surface area contributed by atoms with Gasteiger partial charge in [0.05, 0.1) is 24.3 Å². The van der Waals surface area contributed by atoms with Gasteiger partial charge in [-0.2, -0.15) is 13.2 Å². The van der Waals surface area contributed by atoms with Crippen molar-refractivity contribution in [3.05, 3.63) is 70.6 Å². The Bertz CT molecular complexity index is 843. The normalized spacial score (nSPS) is 13.3. The highest BCUT2D eigenvalue weighted by molar-refractivity contribution is 5.89. The van der Waals surface area contributed by atoms with Crippen molar-refractivity contribution in [1.82, 2.24) is 10.3 Å². The molecule has 0 aliphatic heterocycles. The summed E-state index contributed by atoms with van der Waals surface area (Å²) in [6, 6.07) is 6.51.